The minimum atomic E-state index is -0.317. The quantitative estimate of drug-likeness (QED) is 0.501. The summed E-state index contributed by atoms with van der Waals surface area (Å²) in [5.74, 6) is -0.317. The SMILES string of the molecule is COC(=O)/C=C/CCC(C)=CCl. The highest BCUT2D eigenvalue weighted by molar-refractivity contribution is 6.25. The van der Waals surface area contributed by atoms with Crippen molar-refractivity contribution in [2.75, 3.05) is 7.11 Å². The van der Waals surface area contributed by atoms with Gasteiger partial charge in [0.15, 0.2) is 0 Å². The van der Waals surface area contributed by atoms with Gasteiger partial charge in [0, 0.05) is 11.6 Å². The lowest BCUT2D eigenvalue weighted by Crippen LogP contribution is -1.93. The monoisotopic (exact) mass is 188 g/mol. The molecule has 3 heteroatoms. The van der Waals surface area contributed by atoms with Crippen molar-refractivity contribution in [3.8, 4) is 0 Å². The molecular formula is C9H13ClO2. The van der Waals surface area contributed by atoms with Crippen LogP contribution >= 0.6 is 11.6 Å². The number of hydrogen-bond acceptors (Lipinski definition) is 2. The fourth-order valence-corrected chi connectivity index (χ4v) is 0.722. The molecular weight excluding hydrogens is 176 g/mol. The molecule has 0 heterocycles. The summed E-state index contributed by atoms with van der Waals surface area (Å²) < 4.78 is 4.42. The molecule has 0 saturated heterocycles. The first-order valence-corrected chi connectivity index (χ1v) is 4.14. The van der Waals surface area contributed by atoms with Gasteiger partial charge in [-0.2, -0.15) is 0 Å². The second kappa shape index (κ2) is 6.92. The number of methoxy groups -OCH3 is 1. The topological polar surface area (TPSA) is 26.3 Å². The van der Waals surface area contributed by atoms with Crippen molar-refractivity contribution < 1.29 is 9.53 Å². The van der Waals surface area contributed by atoms with Crippen LogP contribution in [-0.4, -0.2) is 13.1 Å². The van der Waals surface area contributed by atoms with Gasteiger partial charge in [-0.3, -0.25) is 0 Å². The molecule has 0 saturated carbocycles. The van der Waals surface area contributed by atoms with Crippen LogP contribution in [0.15, 0.2) is 23.3 Å². The molecule has 0 spiro atoms. The highest BCUT2D eigenvalue weighted by Gasteiger charge is 1.90. The molecule has 0 aromatic rings. The number of hydrogen-bond donors (Lipinski definition) is 0. The van der Waals surface area contributed by atoms with E-state index in [2.05, 4.69) is 4.74 Å². The van der Waals surface area contributed by atoms with E-state index in [4.69, 9.17) is 11.6 Å². The minimum absolute atomic E-state index is 0.317. The fraction of sp³-hybridized carbons (Fsp3) is 0.444. The van der Waals surface area contributed by atoms with Crippen molar-refractivity contribution in [3.63, 3.8) is 0 Å². The van der Waals surface area contributed by atoms with Gasteiger partial charge in [0.25, 0.3) is 0 Å². The van der Waals surface area contributed by atoms with E-state index in [1.807, 2.05) is 6.92 Å². The Morgan fingerprint density at radius 1 is 1.58 bits per heavy atom. The van der Waals surface area contributed by atoms with Crippen molar-refractivity contribution in [3.05, 3.63) is 23.3 Å². The van der Waals surface area contributed by atoms with E-state index < -0.39 is 0 Å². The molecule has 0 N–H and O–H groups in total. The van der Waals surface area contributed by atoms with Crippen LogP contribution in [0.5, 0.6) is 0 Å². The molecule has 0 fully saturated rings. The number of esters is 1. The summed E-state index contributed by atoms with van der Waals surface area (Å²) >= 11 is 5.44. The summed E-state index contributed by atoms with van der Waals surface area (Å²) in [5, 5.41) is 0. The maximum atomic E-state index is 10.6. The van der Waals surface area contributed by atoms with Crippen molar-refractivity contribution >= 4 is 17.6 Å². The van der Waals surface area contributed by atoms with Gasteiger partial charge in [-0.25, -0.2) is 4.79 Å². The zero-order valence-electron chi connectivity index (χ0n) is 7.34. The maximum absolute atomic E-state index is 10.6. The Labute approximate surface area is 77.9 Å². The molecule has 0 amide bonds. The van der Waals surface area contributed by atoms with Gasteiger partial charge in [-0.1, -0.05) is 23.3 Å². The Morgan fingerprint density at radius 2 is 2.25 bits per heavy atom. The maximum Gasteiger partial charge on any atom is 0.330 e. The summed E-state index contributed by atoms with van der Waals surface area (Å²) in [6.45, 7) is 1.94. The number of carbonyl (C=O) groups excluding carboxylic acids is 1. The van der Waals surface area contributed by atoms with Crippen LogP contribution in [0.1, 0.15) is 19.8 Å². The Morgan fingerprint density at radius 3 is 2.75 bits per heavy atom. The molecule has 0 bridgehead atoms. The molecule has 0 aliphatic rings. The van der Waals surface area contributed by atoms with E-state index in [9.17, 15) is 4.79 Å². The number of allylic oxidation sites excluding steroid dienone is 2. The van der Waals surface area contributed by atoms with Gasteiger partial charge in [0.1, 0.15) is 0 Å². The Bertz CT molecular complexity index is 195. The van der Waals surface area contributed by atoms with Gasteiger partial charge < -0.3 is 4.74 Å². The third-order valence-electron chi connectivity index (χ3n) is 1.35. The first-order valence-electron chi connectivity index (χ1n) is 3.71. The van der Waals surface area contributed by atoms with Crippen LogP contribution < -0.4 is 0 Å². The van der Waals surface area contributed by atoms with Crippen LogP contribution in [0.25, 0.3) is 0 Å². The summed E-state index contributed by atoms with van der Waals surface area (Å²) in [4.78, 5) is 10.6. The number of ether oxygens (including phenoxy) is 1. The third-order valence-corrected chi connectivity index (χ3v) is 1.72. The van der Waals surface area contributed by atoms with Crippen LogP contribution in [0.3, 0.4) is 0 Å². The lowest BCUT2D eigenvalue weighted by Gasteiger charge is -1.93. The first-order chi connectivity index (χ1) is 5.70. The molecule has 68 valence electrons. The third kappa shape index (κ3) is 5.98. The number of rotatable bonds is 4. The zero-order valence-corrected chi connectivity index (χ0v) is 8.10. The highest BCUT2D eigenvalue weighted by Crippen LogP contribution is 2.05. The van der Waals surface area contributed by atoms with E-state index in [0.717, 1.165) is 18.4 Å². The standard InChI is InChI=1S/C9H13ClO2/c1-8(7-10)5-3-4-6-9(11)12-2/h4,6-7H,3,5H2,1-2H3/b6-4+,8-7?. The lowest BCUT2D eigenvalue weighted by atomic mass is 10.2. The first kappa shape index (κ1) is 11.2. The average Bonchev–Trinajstić information content (AvgIpc) is 2.11. The molecule has 0 atom stereocenters. The fourth-order valence-electron chi connectivity index (χ4n) is 0.613. The van der Waals surface area contributed by atoms with Crippen LogP contribution in [0, 0.1) is 0 Å². The van der Waals surface area contributed by atoms with Crippen molar-refractivity contribution in [2.24, 2.45) is 0 Å². The van der Waals surface area contributed by atoms with Crippen molar-refractivity contribution in [2.45, 2.75) is 19.8 Å². The minimum Gasteiger partial charge on any atom is -0.466 e. The second-order valence-corrected chi connectivity index (χ2v) is 2.64. The van der Waals surface area contributed by atoms with E-state index in [0.29, 0.717) is 0 Å². The Hall–Kier alpha value is -0.760. The van der Waals surface area contributed by atoms with Gasteiger partial charge >= 0.3 is 5.97 Å². The van der Waals surface area contributed by atoms with Gasteiger partial charge in [0.2, 0.25) is 0 Å². The highest BCUT2D eigenvalue weighted by atomic mass is 35.5. The molecule has 12 heavy (non-hydrogen) atoms. The van der Waals surface area contributed by atoms with Crippen molar-refractivity contribution in [1.82, 2.24) is 0 Å². The summed E-state index contributed by atoms with van der Waals surface area (Å²) in [6, 6.07) is 0. The van der Waals surface area contributed by atoms with E-state index >= 15 is 0 Å². The van der Waals surface area contributed by atoms with Gasteiger partial charge in [-0.15, -0.1) is 0 Å². The van der Waals surface area contributed by atoms with Gasteiger partial charge in [-0.05, 0) is 19.8 Å². The predicted molar refractivity (Wildman–Crippen MR) is 50.0 cm³/mol. The molecule has 0 unspecified atom stereocenters. The zero-order chi connectivity index (χ0) is 9.40. The molecule has 0 aliphatic heterocycles. The Kier molecular flexibility index (Phi) is 6.48. The van der Waals surface area contributed by atoms with Crippen LogP contribution in [0.4, 0.5) is 0 Å². The summed E-state index contributed by atoms with van der Waals surface area (Å²) in [5.41, 5.74) is 2.65. The van der Waals surface area contributed by atoms with Gasteiger partial charge in [0.05, 0.1) is 7.11 Å². The van der Waals surface area contributed by atoms with E-state index in [-0.39, 0.29) is 5.97 Å². The molecule has 0 aromatic carbocycles. The predicted octanol–water partition coefficient (Wildman–Crippen LogP) is 2.64. The molecule has 0 aliphatic carbocycles. The smallest absolute Gasteiger partial charge is 0.330 e. The normalized spacial score (nSPS) is 12.1. The van der Waals surface area contributed by atoms with E-state index in [1.165, 1.54) is 13.2 Å². The number of halogens is 1. The largest absolute Gasteiger partial charge is 0.466 e. The molecule has 0 rings (SSSR count). The van der Waals surface area contributed by atoms with Crippen LogP contribution in [-0.2, 0) is 9.53 Å². The van der Waals surface area contributed by atoms with Crippen LogP contribution in [0.2, 0.25) is 0 Å². The summed E-state index contributed by atoms with van der Waals surface area (Å²) in [7, 11) is 1.36. The second-order valence-electron chi connectivity index (χ2n) is 2.42. The molecule has 2 nitrogen and oxygen atoms in total. The van der Waals surface area contributed by atoms with E-state index in [1.54, 1.807) is 11.6 Å². The average molecular weight is 189 g/mol. The molecule has 0 aromatic heterocycles. The Balaban J connectivity index is 3.56. The number of carbonyl (C=O) groups is 1. The lowest BCUT2D eigenvalue weighted by molar-refractivity contribution is -0.134. The molecule has 0 radical (unpaired) electrons. The van der Waals surface area contributed by atoms with Crippen molar-refractivity contribution in [1.29, 1.82) is 0 Å². The summed E-state index contributed by atoms with van der Waals surface area (Å²) in [6.07, 6.45) is 4.87.